The zero-order valence-electron chi connectivity index (χ0n) is 12.6. The van der Waals surface area contributed by atoms with E-state index in [0.717, 1.165) is 5.56 Å². The van der Waals surface area contributed by atoms with Crippen LogP contribution in [-0.4, -0.2) is 38.1 Å². The molecule has 118 valence electrons. The number of carbonyl (C=O) groups excluding carboxylic acids is 3. The Hall–Kier alpha value is -2.37. The van der Waals surface area contributed by atoms with Crippen molar-refractivity contribution in [2.24, 2.45) is 11.8 Å². The van der Waals surface area contributed by atoms with Gasteiger partial charge in [0.2, 0.25) is 5.91 Å². The average Bonchev–Trinajstić information content (AvgIpc) is 2.84. The van der Waals surface area contributed by atoms with Gasteiger partial charge in [-0.1, -0.05) is 30.3 Å². The number of hydrogen-bond acceptors (Lipinski definition) is 5. The molecule has 6 heteroatoms. The van der Waals surface area contributed by atoms with Crippen LogP contribution < -0.4 is 5.32 Å². The van der Waals surface area contributed by atoms with Gasteiger partial charge in [-0.3, -0.25) is 9.59 Å². The summed E-state index contributed by atoms with van der Waals surface area (Å²) in [5.74, 6) is -2.18. The fraction of sp³-hybridized carbons (Fsp3) is 0.438. The molecule has 0 radical (unpaired) electrons. The number of nitrogens with one attached hydrogen (secondary N) is 1. The van der Waals surface area contributed by atoms with Gasteiger partial charge in [0.25, 0.3) is 0 Å². The molecular weight excluding hydrogens is 286 g/mol. The number of rotatable bonds is 5. The van der Waals surface area contributed by atoms with Crippen LogP contribution in [0, 0.1) is 11.8 Å². The van der Waals surface area contributed by atoms with Crippen LogP contribution in [0.2, 0.25) is 0 Å². The second kappa shape index (κ2) is 7.06. The Bertz CT molecular complexity index is 557. The van der Waals surface area contributed by atoms with Crippen LogP contribution in [0.5, 0.6) is 0 Å². The second-order valence-corrected chi connectivity index (χ2v) is 5.25. The molecule has 1 aromatic carbocycles. The third-order valence-corrected chi connectivity index (χ3v) is 3.96. The molecule has 3 atom stereocenters. The lowest BCUT2D eigenvalue weighted by atomic mass is 9.83. The predicted molar refractivity (Wildman–Crippen MR) is 77.7 cm³/mol. The summed E-state index contributed by atoms with van der Waals surface area (Å²) in [4.78, 5) is 35.7. The minimum absolute atomic E-state index is 0.00743. The van der Waals surface area contributed by atoms with Crippen LogP contribution in [0.25, 0.3) is 0 Å². The highest BCUT2D eigenvalue weighted by atomic mass is 16.5. The number of benzene rings is 1. The number of hydrogen-bond donors (Lipinski definition) is 1. The van der Waals surface area contributed by atoms with Crippen molar-refractivity contribution in [1.82, 2.24) is 5.32 Å². The molecule has 1 aliphatic rings. The first-order valence-corrected chi connectivity index (χ1v) is 7.05. The molecule has 1 saturated heterocycles. The first-order valence-electron chi connectivity index (χ1n) is 7.05. The smallest absolute Gasteiger partial charge is 0.328 e. The summed E-state index contributed by atoms with van der Waals surface area (Å²) in [6.45, 7) is 0. The normalized spacial score (nSPS) is 23.7. The zero-order valence-corrected chi connectivity index (χ0v) is 12.6. The Balaban J connectivity index is 2.22. The fourth-order valence-electron chi connectivity index (χ4n) is 2.80. The summed E-state index contributed by atoms with van der Waals surface area (Å²) in [6, 6.07) is 8.67. The number of amides is 1. The van der Waals surface area contributed by atoms with Crippen molar-refractivity contribution in [2.75, 3.05) is 14.2 Å². The van der Waals surface area contributed by atoms with Gasteiger partial charge in [0.1, 0.15) is 6.04 Å². The molecule has 22 heavy (non-hydrogen) atoms. The van der Waals surface area contributed by atoms with Crippen LogP contribution >= 0.6 is 0 Å². The van der Waals surface area contributed by atoms with Gasteiger partial charge in [-0.25, -0.2) is 4.79 Å². The molecule has 1 aromatic rings. The molecule has 1 aliphatic heterocycles. The van der Waals surface area contributed by atoms with E-state index in [1.807, 2.05) is 30.3 Å². The van der Waals surface area contributed by atoms with E-state index in [2.05, 4.69) is 10.1 Å². The maximum Gasteiger partial charge on any atom is 0.328 e. The van der Waals surface area contributed by atoms with Crippen LogP contribution in [0.1, 0.15) is 12.0 Å². The predicted octanol–water partition coefficient (Wildman–Crippen LogP) is 0.696. The highest BCUT2D eigenvalue weighted by Gasteiger charge is 2.47. The fourth-order valence-corrected chi connectivity index (χ4v) is 2.80. The SMILES string of the molecule is COC(=O)C[C@@H]1[C@@H](C(=O)OC)NC(=O)[C@@H]1Cc1ccccc1. The first kappa shape index (κ1) is 16.0. The number of esters is 2. The molecule has 0 aromatic heterocycles. The summed E-state index contributed by atoms with van der Waals surface area (Å²) in [6.07, 6.45) is 0.453. The van der Waals surface area contributed by atoms with E-state index in [9.17, 15) is 14.4 Å². The third-order valence-electron chi connectivity index (χ3n) is 3.96. The standard InChI is InChI=1S/C16H19NO5/c1-21-13(18)9-11-12(8-10-6-4-3-5-7-10)15(19)17-14(11)16(20)22-2/h3-7,11-12,14H,8-9H2,1-2H3,(H,17,19)/t11-,12+,14-/m0/s1. The molecular formula is C16H19NO5. The maximum absolute atomic E-state index is 12.2. The van der Waals surface area contributed by atoms with Crippen molar-refractivity contribution in [3.63, 3.8) is 0 Å². The minimum atomic E-state index is -0.815. The highest BCUT2D eigenvalue weighted by Crippen LogP contribution is 2.31. The van der Waals surface area contributed by atoms with E-state index in [1.165, 1.54) is 14.2 Å². The Morgan fingerprint density at radius 3 is 2.41 bits per heavy atom. The molecule has 2 rings (SSSR count). The Kier molecular flexibility index (Phi) is 5.14. The van der Waals surface area contributed by atoms with Gasteiger partial charge in [-0.2, -0.15) is 0 Å². The minimum Gasteiger partial charge on any atom is -0.469 e. The summed E-state index contributed by atoms with van der Waals surface area (Å²) >= 11 is 0. The Morgan fingerprint density at radius 2 is 1.82 bits per heavy atom. The van der Waals surface area contributed by atoms with Gasteiger partial charge in [-0.05, 0) is 12.0 Å². The molecule has 1 fully saturated rings. The average molecular weight is 305 g/mol. The lowest BCUT2D eigenvalue weighted by molar-refractivity contribution is -0.146. The van der Waals surface area contributed by atoms with Crippen molar-refractivity contribution in [3.05, 3.63) is 35.9 Å². The number of ether oxygens (including phenoxy) is 2. The van der Waals surface area contributed by atoms with E-state index in [4.69, 9.17) is 4.74 Å². The van der Waals surface area contributed by atoms with Crippen LogP contribution in [0.4, 0.5) is 0 Å². The van der Waals surface area contributed by atoms with Crippen LogP contribution in [-0.2, 0) is 30.3 Å². The van der Waals surface area contributed by atoms with E-state index in [0.29, 0.717) is 6.42 Å². The molecule has 0 aliphatic carbocycles. The summed E-state index contributed by atoms with van der Waals surface area (Å²) in [5.41, 5.74) is 0.975. The second-order valence-electron chi connectivity index (χ2n) is 5.25. The lowest BCUT2D eigenvalue weighted by Gasteiger charge is -2.20. The molecule has 1 N–H and O–H groups in total. The van der Waals surface area contributed by atoms with Crippen molar-refractivity contribution < 1.29 is 23.9 Å². The van der Waals surface area contributed by atoms with E-state index < -0.39 is 29.8 Å². The van der Waals surface area contributed by atoms with Gasteiger partial charge in [0, 0.05) is 11.8 Å². The van der Waals surface area contributed by atoms with Gasteiger partial charge >= 0.3 is 11.9 Å². The van der Waals surface area contributed by atoms with Crippen molar-refractivity contribution in [3.8, 4) is 0 Å². The summed E-state index contributed by atoms with van der Waals surface area (Å²) < 4.78 is 9.40. The Labute approximate surface area is 128 Å². The molecule has 6 nitrogen and oxygen atoms in total. The zero-order chi connectivity index (χ0) is 16.1. The van der Waals surface area contributed by atoms with Crippen LogP contribution in [0.3, 0.4) is 0 Å². The monoisotopic (exact) mass is 305 g/mol. The van der Waals surface area contributed by atoms with Crippen molar-refractivity contribution >= 4 is 17.8 Å². The Morgan fingerprint density at radius 1 is 1.14 bits per heavy atom. The molecule has 1 heterocycles. The molecule has 0 unspecified atom stereocenters. The van der Waals surface area contributed by atoms with Gasteiger partial charge in [-0.15, -0.1) is 0 Å². The summed E-state index contributed by atoms with van der Waals surface area (Å²) in [7, 11) is 2.54. The quantitative estimate of drug-likeness (QED) is 0.810. The molecule has 1 amide bonds. The van der Waals surface area contributed by atoms with Gasteiger partial charge in [0.05, 0.1) is 20.6 Å². The topological polar surface area (TPSA) is 81.7 Å². The van der Waals surface area contributed by atoms with E-state index in [-0.39, 0.29) is 12.3 Å². The van der Waals surface area contributed by atoms with Gasteiger partial charge < -0.3 is 14.8 Å². The van der Waals surface area contributed by atoms with Crippen LogP contribution in [0.15, 0.2) is 30.3 Å². The highest BCUT2D eigenvalue weighted by molar-refractivity contribution is 5.91. The third kappa shape index (κ3) is 3.44. The van der Waals surface area contributed by atoms with E-state index >= 15 is 0 Å². The molecule has 0 spiro atoms. The lowest BCUT2D eigenvalue weighted by Crippen LogP contribution is -2.38. The largest absolute Gasteiger partial charge is 0.469 e. The maximum atomic E-state index is 12.2. The molecule has 0 saturated carbocycles. The number of methoxy groups -OCH3 is 2. The van der Waals surface area contributed by atoms with Gasteiger partial charge in [0.15, 0.2) is 0 Å². The molecule has 0 bridgehead atoms. The van der Waals surface area contributed by atoms with E-state index in [1.54, 1.807) is 0 Å². The summed E-state index contributed by atoms with van der Waals surface area (Å²) in [5, 5.41) is 2.63. The van der Waals surface area contributed by atoms with Crippen molar-refractivity contribution in [1.29, 1.82) is 0 Å². The van der Waals surface area contributed by atoms with Crippen molar-refractivity contribution in [2.45, 2.75) is 18.9 Å². The first-order chi connectivity index (χ1) is 10.6. The number of carbonyl (C=O) groups is 3.